The minimum absolute atomic E-state index is 0.129. The van der Waals surface area contributed by atoms with Crippen molar-refractivity contribution in [2.24, 2.45) is 11.1 Å². The van der Waals surface area contributed by atoms with E-state index in [1.807, 2.05) is 0 Å². The number of benzene rings is 1. The van der Waals surface area contributed by atoms with Crippen LogP contribution in [0.25, 0.3) is 0 Å². The number of rotatable bonds is 4. The maximum Gasteiger partial charge on any atom is 0.321 e. The zero-order valence-electron chi connectivity index (χ0n) is 11.5. The van der Waals surface area contributed by atoms with Gasteiger partial charge in [-0.25, -0.2) is 0 Å². The van der Waals surface area contributed by atoms with Gasteiger partial charge in [-0.3, -0.25) is 4.79 Å². The lowest BCUT2D eigenvalue weighted by Crippen LogP contribution is -2.72. The molecule has 3 N–H and O–H groups in total. The highest BCUT2D eigenvalue weighted by atomic mass is 16.4. The second-order valence-electron chi connectivity index (χ2n) is 6.73. The summed E-state index contributed by atoms with van der Waals surface area (Å²) in [6.07, 6.45) is 2.82. The minimum Gasteiger partial charge on any atom is -0.480 e. The maximum absolute atomic E-state index is 11.1. The van der Waals surface area contributed by atoms with E-state index in [-0.39, 0.29) is 10.8 Å². The van der Waals surface area contributed by atoms with Gasteiger partial charge in [0.2, 0.25) is 0 Å². The lowest BCUT2D eigenvalue weighted by Gasteiger charge is -2.72. The molecule has 0 amide bonds. The molecule has 4 rings (SSSR count). The van der Waals surface area contributed by atoms with Crippen molar-refractivity contribution < 1.29 is 9.90 Å². The third-order valence-corrected chi connectivity index (χ3v) is 5.15. The van der Waals surface area contributed by atoms with Crippen molar-refractivity contribution in [2.75, 3.05) is 0 Å². The summed E-state index contributed by atoms with van der Waals surface area (Å²) < 4.78 is 0. The predicted octanol–water partition coefficient (Wildman–Crippen LogP) is 2.64. The highest BCUT2D eigenvalue weighted by Crippen LogP contribution is 2.75. The molecular weight excluding hydrogens is 238 g/mol. The fourth-order valence-electron chi connectivity index (χ4n) is 4.23. The van der Waals surface area contributed by atoms with Crippen molar-refractivity contribution in [3.8, 4) is 0 Å². The summed E-state index contributed by atoms with van der Waals surface area (Å²) in [6.45, 7) is 4.42. The van der Waals surface area contributed by atoms with E-state index < -0.39 is 12.0 Å². The van der Waals surface area contributed by atoms with Crippen molar-refractivity contribution >= 4 is 5.97 Å². The van der Waals surface area contributed by atoms with Crippen LogP contribution < -0.4 is 5.73 Å². The second kappa shape index (κ2) is 3.83. The average Bonchev–Trinajstić information content (AvgIpc) is 2.25. The number of hydrogen-bond acceptors (Lipinski definition) is 2. The zero-order valence-corrected chi connectivity index (χ0v) is 11.5. The Balaban J connectivity index is 1.84. The molecule has 0 aliphatic heterocycles. The highest BCUT2D eigenvalue weighted by Gasteiger charge is 2.71. The first kappa shape index (κ1) is 12.7. The Labute approximate surface area is 113 Å². The first-order chi connectivity index (χ1) is 8.90. The summed E-state index contributed by atoms with van der Waals surface area (Å²) in [6, 6.07) is 7.89. The summed E-state index contributed by atoms with van der Waals surface area (Å²) in [5, 5.41) is 9.08. The first-order valence-corrected chi connectivity index (χ1v) is 6.98. The Morgan fingerprint density at radius 1 is 1.26 bits per heavy atom. The van der Waals surface area contributed by atoms with Crippen LogP contribution in [-0.4, -0.2) is 17.1 Å². The normalized spacial score (nSPS) is 33.5. The first-order valence-electron chi connectivity index (χ1n) is 6.98. The highest BCUT2D eigenvalue weighted by molar-refractivity contribution is 5.76. The summed E-state index contributed by atoms with van der Waals surface area (Å²) in [7, 11) is 0. The van der Waals surface area contributed by atoms with Gasteiger partial charge < -0.3 is 10.8 Å². The third kappa shape index (κ3) is 1.57. The van der Waals surface area contributed by atoms with Gasteiger partial charge in [-0.1, -0.05) is 38.1 Å². The molecule has 3 aliphatic carbocycles. The topological polar surface area (TPSA) is 63.3 Å². The van der Waals surface area contributed by atoms with Crippen molar-refractivity contribution in [3.63, 3.8) is 0 Å². The van der Waals surface area contributed by atoms with Crippen LogP contribution in [0.15, 0.2) is 24.3 Å². The van der Waals surface area contributed by atoms with Gasteiger partial charge >= 0.3 is 5.97 Å². The fourth-order valence-corrected chi connectivity index (χ4v) is 4.23. The average molecular weight is 259 g/mol. The van der Waals surface area contributed by atoms with E-state index in [0.29, 0.717) is 5.92 Å². The molecule has 0 heterocycles. The molecule has 19 heavy (non-hydrogen) atoms. The Kier molecular flexibility index (Phi) is 2.55. The Morgan fingerprint density at radius 2 is 1.84 bits per heavy atom. The molecule has 102 valence electrons. The van der Waals surface area contributed by atoms with E-state index in [2.05, 4.69) is 38.1 Å². The van der Waals surface area contributed by atoms with Gasteiger partial charge in [0.15, 0.2) is 0 Å². The third-order valence-electron chi connectivity index (χ3n) is 5.15. The van der Waals surface area contributed by atoms with E-state index in [4.69, 9.17) is 10.8 Å². The van der Waals surface area contributed by atoms with Crippen molar-refractivity contribution in [1.29, 1.82) is 0 Å². The number of aliphatic carboxylic acids is 1. The Hall–Kier alpha value is -1.35. The smallest absolute Gasteiger partial charge is 0.321 e. The quantitative estimate of drug-likeness (QED) is 0.873. The molecule has 2 bridgehead atoms. The summed E-state index contributed by atoms with van der Waals surface area (Å²) in [5.41, 5.74) is 8.74. The molecular formula is C16H21NO2. The van der Waals surface area contributed by atoms with E-state index in [1.54, 1.807) is 0 Å². The van der Waals surface area contributed by atoms with Gasteiger partial charge in [-0.15, -0.1) is 0 Å². The SMILES string of the molecule is CC(C)c1ccccc1C12CC(C(N)C(=O)O)(C1)C2. The molecule has 1 unspecified atom stereocenters. The molecule has 0 aromatic heterocycles. The van der Waals surface area contributed by atoms with E-state index in [0.717, 1.165) is 19.3 Å². The molecule has 0 radical (unpaired) electrons. The van der Waals surface area contributed by atoms with E-state index in [1.165, 1.54) is 11.1 Å². The monoisotopic (exact) mass is 259 g/mol. The molecule has 3 saturated carbocycles. The second-order valence-corrected chi connectivity index (χ2v) is 6.73. The molecule has 1 atom stereocenters. The van der Waals surface area contributed by atoms with Crippen LogP contribution >= 0.6 is 0 Å². The van der Waals surface area contributed by atoms with Crippen LogP contribution in [0.1, 0.15) is 50.2 Å². The van der Waals surface area contributed by atoms with Gasteiger partial charge in [0.25, 0.3) is 0 Å². The lowest BCUT2D eigenvalue weighted by molar-refractivity contribution is -0.179. The van der Waals surface area contributed by atoms with Gasteiger partial charge in [-0.2, -0.15) is 0 Å². The van der Waals surface area contributed by atoms with E-state index in [9.17, 15) is 4.79 Å². The van der Waals surface area contributed by atoms with Crippen molar-refractivity contribution in [3.05, 3.63) is 35.4 Å². The fraction of sp³-hybridized carbons (Fsp3) is 0.562. The van der Waals surface area contributed by atoms with Crippen LogP contribution in [0, 0.1) is 5.41 Å². The molecule has 3 nitrogen and oxygen atoms in total. The van der Waals surface area contributed by atoms with Crippen LogP contribution in [-0.2, 0) is 10.2 Å². The van der Waals surface area contributed by atoms with Gasteiger partial charge in [0.1, 0.15) is 6.04 Å². The molecule has 0 saturated heterocycles. The van der Waals surface area contributed by atoms with E-state index >= 15 is 0 Å². The number of carboxylic acids is 1. The molecule has 0 spiro atoms. The zero-order chi connectivity index (χ0) is 13.8. The molecule has 3 aliphatic rings. The van der Waals surface area contributed by atoms with Crippen LogP contribution in [0.3, 0.4) is 0 Å². The standard InChI is InChI=1S/C16H21NO2/c1-10(2)11-5-3-4-6-12(11)15-7-16(8-15,9-15)13(17)14(18)19/h3-6,10,13H,7-9,17H2,1-2H3,(H,18,19). The Morgan fingerprint density at radius 3 is 2.37 bits per heavy atom. The lowest BCUT2D eigenvalue weighted by atomic mass is 9.31. The number of nitrogens with two attached hydrogens (primary N) is 1. The van der Waals surface area contributed by atoms with Crippen LogP contribution in [0.4, 0.5) is 0 Å². The molecule has 1 aromatic carbocycles. The Bertz CT molecular complexity index is 516. The van der Waals surface area contributed by atoms with Crippen molar-refractivity contribution in [1.82, 2.24) is 0 Å². The minimum atomic E-state index is -0.856. The maximum atomic E-state index is 11.1. The number of hydrogen-bond donors (Lipinski definition) is 2. The van der Waals surface area contributed by atoms with Gasteiger partial charge in [0, 0.05) is 0 Å². The largest absolute Gasteiger partial charge is 0.480 e. The summed E-state index contributed by atoms with van der Waals surface area (Å²) in [4.78, 5) is 11.1. The van der Waals surface area contributed by atoms with Crippen LogP contribution in [0.5, 0.6) is 0 Å². The molecule has 3 heteroatoms. The van der Waals surface area contributed by atoms with Gasteiger partial charge in [0.05, 0.1) is 0 Å². The summed E-state index contributed by atoms with van der Waals surface area (Å²) >= 11 is 0. The number of carboxylic acid groups (broad SMARTS) is 1. The molecule has 3 fully saturated rings. The van der Waals surface area contributed by atoms with Crippen LogP contribution in [0.2, 0.25) is 0 Å². The summed E-state index contributed by atoms with van der Waals surface area (Å²) in [5.74, 6) is -0.347. The predicted molar refractivity (Wildman–Crippen MR) is 74.1 cm³/mol. The number of carbonyl (C=O) groups is 1. The molecule has 1 aromatic rings. The van der Waals surface area contributed by atoms with Crippen molar-refractivity contribution in [2.45, 2.75) is 50.5 Å². The van der Waals surface area contributed by atoms with Gasteiger partial charge in [-0.05, 0) is 47.1 Å².